The lowest BCUT2D eigenvalue weighted by Gasteiger charge is -2.14. The third-order valence-corrected chi connectivity index (χ3v) is 3.84. The molecule has 0 spiro atoms. The van der Waals surface area contributed by atoms with Crippen LogP contribution in [-0.2, 0) is 11.2 Å². The van der Waals surface area contributed by atoms with E-state index in [1.165, 1.54) is 0 Å². The molecule has 96 valence electrons. The Kier molecular flexibility index (Phi) is 2.85. The van der Waals surface area contributed by atoms with E-state index >= 15 is 0 Å². The van der Waals surface area contributed by atoms with Gasteiger partial charge in [0.1, 0.15) is 0 Å². The van der Waals surface area contributed by atoms with Crippen LogP contribution in [-0.4, -0.2) is 33.1 Å². The van der Waals surface area contributed by atoms with E-state index in [2.05, 4.69) is 25.9 Å². The van der Waals surface area contributed by atoms with Gasteiger partial charge in [0.15, 0.2) is 5.82 Å². The van der Waals surface area contributed by atoms with E-state index in [1.54, 1.807) is 0 Å². The van der Waals surface area contributed by atoms with E-state index in [9.17, 15) is 4.79 Å². The quantitative estimate of drug-likeness (QED) is 0.804. The van der Waals surface area contributed by atoms with Crippen LogP contribution in [0.1, 0.15) is 37.9 Å². The van der Waals surface area contributed by atoms with Crippen LogP contribution in [0.3, 0.4) is 0 Å². The first-order chi connectivity index (χ1) is 8.77. The lowest BCUT2D eigenvalue weighted by atomic mass is 10.0. The van der Waals surface area contributed by atoms with E-state index in [0.717, 1.165) is 56.5 Å². The molecule has 0 bridgehead atoms. The van der Waals surface area contributed by atoms with Gasteiger partial charge in [-0.3, -0.25) is 4.79 Å². The Morgan fingerprint density at radius 3 is 3.00 bits per heavy atom. The van der Waals surface area contributed by atoms with Crippen LogP contribution in [0.25, 0.3) is 0 Å². The highest BCUT2D eigenvalue weighted by Gasteiger charge is 2.43. The molecule has 1 heterocycles. The van der Waals surface area contributed by atoms with Gasteiger partial charge in [0.2, 0.25) is 5.91 Å². The number of aromatic amines is 1. The average molecular weight is 247 g/mol. The number of carbonyl (C=O) groups is 1. The number of aromatic nitrogens is 4. The second-order valence-electron chi connectivity index (χ2n) is 5.31. The first kappa shape index (κ1) is 11.4. The number of tetrazole rings is 1. The van der Waals surface area contributed by atoms with Crippen LogP contribution in [0.15, 0.2) is 11.6 Å². The van der Waals surface area contributed by atoms with Crippen LogP contribution in [0.5, 0.6) is 0 Å². The van der Waals surface area contributed by atoms with E-state index < -0.39 is 0 Å². The topological polar surface area (TPSA) is 83.6 Å². The highest BCUT2D eigenvalue weighted by atomic mass is 16.1. The lowest BCUT2D eigenvalue weighted by molar-refractivity contribution is -0.117. The zero-order valence-electron chi connectivity index (χ0n) is 10.3. The number of hydrogen-bond acceptors (Lipinski definition) is 4. The Balaban J connectivity index is 1.52. The van der Waals surface area contributed by atoms with Gasteiger partial charge >= 0.3 is 0 Å². The standard InChI is InChI=1S/C12H17N5O/c18-11(9-3-1-2-4-9)13-8-12(5-6-12)7-10-14-16-17-15-10/h3H,1-2,4-8H2,(H,13,18)(H,14,15,16,17). The molecule has 1 saturated carbocycles. The molecule has 1 aromatic rings. The summed E-state index contributed by atoms with van der Waals surface area (Å²) in [6.45, 7) is 0.720. The summed E-state index contributed by atoms with van der Waals surface area (Å²) < 4.78 is 0. The number of rotatable bonds is 5. The van der Waals surface area contributed by atoms with Crippen LogP contribution in [0.2, 0.25) is 0 Å². The summed E-state index contributed by atoms with van der Waals surface area (Å²) in [4.78, 5) is 11.9. The molecule has 0 radical (unpaired) electrons. The second-order valence-corrected chi connectivity index (χ2v) is 5.31. The zero-order valence-corrected chi connectivity index (χ0v) is 10.3. The summed E-state index contributed by atoms with van der Waals surface area (Å²) in [6, 6.07) is 0. The van der Waals surface area contributed by atoms with Crippen LogP contribution < -0.4 is 5.32 Å². The van der Waals surface area contributed by atoms with Gasteiger partial charge in [-0.15, -0.1) is 10.2 Å². The van der Waals surface area contributed by atoms with Gasteiger partial charge in [0.25, 0.3) is 0 Å². The van der Waals surface area contributed by atoms with Crippen molar-refractivity contribution in [3.63, 3.8) is 0 Å². The molecular formula is C12H17N5O. The summed E-state index contributed by atoms with van der Waals surface area (Å²) in [6.07, 6.45) is 8.16. The second kappa shape index (κ2) is 4.51. The molecule has 2 N–H and O–H groups in total. The minimum atomic E-state index is 0.104. The number of nitrogens with zero attached hydrogens (tertiary/aromatic N) is 3. The molecular weight excluding hydrogens is 230 g/mol. The van der Waals surface area contributed by atoms with Gasteiger partial charge in [-0.25, -0.2) is 0 Å². The molecule has 0 saturated heterocycles. The summed E-state index contributed by atoms with van der Waals surface area (Å²) in [5.74, 6) is 0.841. The molecule has 0 atom stereocenters. The van der Waals surface area contributed by atoms with Crippen molar-refractivity contribution in [3.05, 3.63) is 17.5 Å². The first-order valence-electron chi connectivity index (χ1n) is 6.47. The largest absolute Gasteiger partial charge is 0.352 e. The SMILES string of the molecule is O=C(NCC1(Cc2nn[nH]n2)CC1)C1=CCCC1. The minimum Gasteiger partial charge on any atom is -0.352 e. The molecule has 1 fully saturated rings. The molecule has 1 amide bonds. The number of carbonyl (C=O) groups excluding carboxylic acids is 1. The van der Waals surface area contributed by atoms with E-state index in [4.69, 9.17) is 0 Å². The number of nitrogens with one attached hydrogen (secondary N) is 2. The van der Waals surface area contributed by atoms with Crippen molar-refractivity contribution in [2.24, 2.45) is 5.41 Å². The molecule has 0 unspecified atom stereocenters. The van der Waals surface area contributed by atoms with Crippen LogP contribution >= 0.6 is 0 Å². The Morgan fingerprint density at radius 2 is 2.39 bits per heavy atom. The van der Waals surface area contributed by atoms with Crippen molar-refractivity contribution >= 4 is 5.91 Å². The van der Waals surface area contributed by atoms with Crippen molar-refractivity contribution in [1.82, 2.24) is 25.9 Å². The highest BCUT2D eigenvalue weighted by molar-refractivity contribution is 5.93. The Morgan fingerprint density at radius 1 is 1.50 bits per heavy atom. The lowest BCUT2D eigenvalue weighted by Crippen LogP contribution is -2.32. The summed E-state index contributed by atoms with van der Waals surface area (Å²) in [5, 5.41) is 17.0. The number of hydrogen-bond donors (Lipinski definition) is 2. The third kappa shape index (κ3) is 2.42. The predicted molar refractivity (Wildman–Crippen MR) is 64.5 cm³/mol. The van der Waals surface area contributed by atoms with Gasteiger partial charge in [0.05, 0.1) is 0 Å². The van der Waals surface area contributed by atoms with Gasteiger partial charge < -0.3 is 5.32 Å². The fourth-order valence-corrected chi connectivity index (χ4v) is 2.44. The Labute approximate surface area is 105 Å². The predicted octanol–water partition coefficient (Wildman–Crippen LogP) is 0.749. The van der Waals surface area contributed by atoms with Crippen molar-refractivity contribution in [2.75, 3.05) is 6.54 Å². The smallest absolute Gasteiger partial charge is 0.246 e. The summed E-state index contributed by atoms with van der Waals surface area (Å²) in [7, 11) is 0. The highest BCUT2D eigenvalue weighted by Crippen LogP contribution is 2.47. The first-order valence-corrected chi connectivity index (χ1v) is 6.47. The molecule has 3 rings (SSSR count). The van der Waals surface area contributed by atoms with Crippen molar-refractivity contribution < 1.29 is 4.79 Å². The molecule has 18 heavy (non-hydrogen) atoms. The van der Waals surface area contributed by atoms with Crippen LogP contribution in [0, 0.1) is 5.41 Å². The van der Waals surface area contributed by atoms with Gasteiger partial charge in [-0.2, -0.15) is 5.21 Å². The minimum absolute atomic E-state index is 0.104. The van der Waals surface area contributed by atoms with E-state index in [0.29, 0.717) is 0 Å². The van der Waals surface area contributed by atoms with Crippen molar-refractivity contribution in [2.45, 2.75) is 38.5 Å². The molecule has 6 nitrogen and oxygen atoms in total. The fraction of sp³-hybridized carbons (Fsp3) is 0.667. The van der Waals surface area contributed by atoms with E-state index in [-0.39, 0.29) is 11.3 Å². The number of H-pyrrole nitrogens is 1. The normalized spacial score (nSPS) is 20.6. The maximum atomic E-state index is 11.9. The van der Waals surface area contributed by atoms with Crippen LogP contribution in [0.4, 0.5) is 0 Å². The molecule has 0 aliphatic heterocycles. The number of amides is 1. The maximum Gasteiger partial charge on any atom is 0.246 e. The molecule has 2 aliphatic carbocycles. The third-order valence-electron chi connectivity index (χ3n) is 3.84. The number of allylic oxidation sites excluding steroid dienone is 1. The van der Waals surface area contributed by atoms with Gasteiger partial charge in [-0.1, -0.05) is 11.3 Å². The molecule has 2 aliphatic rings. The Bertz CT molecular complexity index is 461. The van der Waals surface area contributed by atoms with Gasteiger partial charge in [0, 0.05) is 18.5 Å². The Hall–Kier alpha value is -1.72. The van der Waals surface area contributed by atoms with Crippen molar-refractivity contribution in [1.29, 1.82) is 0 Å². The fourth-order valence-electron chi connectivity index (χ4n) is 2.44. The van der Waals surface area contributed by atoms with Gasteiger partial charge in [-0.05, 0) is 37.5 Å². The monoisotopic (exact) mass is 247 g/mol. The van der Waals surface area contributed by atoms with E-state index in [1.807, 2.05) is 6.08 Å². The summed E-state index contributed by atoms with van der Waals surface area (Å²) in [5.41, 5.74) is 1.11. The average Bonchev–Trinajstić information content (AvgIpc) is 2.84. The molecule has 6 heteroatoms. The maximum absolute atomic E-state index is 11.9. The zero-order chi connectivity index (χ0) is 12.4. The summed E-state index contributed by atoms with van der Waals surface area (Å²) >= 11 is 0. The molecule has 0 aromatic carbocycles. The van der Waals surface area contributed by atoms with Crippen molar-refractivity contribution in [3.8, 4) is 0 Å². The molecule has 1 aromatic heterocycles.